The molecular weight excluding hydrogens is 294 g/mol. The van der Waals surface area contributed by atoms with Gasteiger partial charge in [0.15, 0.2) is 0 Å². The summed E-state index contributed by atoms with van der Waals surface area (Å²) in [5.74, 6) is -0.694. The lowest BCUT2D eigenvalue weighted by atomic mass is 9.77. The largest absolute Gasteiger partial charge is 0.481 e. The van der Waals surface area contributed by atoms with Gasteiger partial charge in [-0.05, 0) is 40.4 Å². The van der Waals surface area contributed by atoms with Gasteiger partial charge in [-0.2, -0.15) is 0 Å². The zero-order valence-electron chi connectivity index (χ0n) is 9.87. The molecule has 3 rings (SSSR count). The summed E-state index contributed by atoms with van der Waals surface area (Å²) in [6.45, 7) is 0. The van der Waals surface area contributed by atoms with Crippen molar-refractivity contribution in [3.05, 3.63) is 34.4 Å². The maximum Gasteiger partial charge on any atom is 0.314 e. The normalized spacial score (nSPS) is 18.3. The number of halogens is 1. The minimum Gasteiger partial charge on any atom is -0.481 e. The van der Waals surface area contributed by atoms with Crippen molar-refractivity contribution in [3.8, 4) is 0 Å². The molecule has 18 heavy (non-hydrogen) atoms. The highest BCUT2D eigenvalue weighted by Crippen LogP contribution is 2.45. The second kappa shape index (κ2) is 4.12. The molecule has 2 N–H and O–H groups in total. The summed E-state index contributed by atoms with van der Waals surface area (Å²) in [6, 6.07) is 5.87. The van der Waals surface area contributed by atoms with Gasteiger partial charge in [-0.1, -0.05) is 25.0 Å². The van der Waals surface area contributed by atoms with Crippen LogP contribution in [-0.4, -0.2) is 16.1 Å². The first-order valence-corrected chi connectivity index (χ1v) is 6.94. The fourth-order valence-corrected chi connectivity index (χ4v) is 3.66. The summed E-state index contributed by atoms with van der Waals surface area (Å²) < 4.78 is 0.945. The first-order valence-electron chi connectivity index (χ1n) is 6.15. The highest BCUT2D eigenvalue weighted by atomic mass is 79.9. The van der Waals surface area contributed by atoms with E-state index in [1.165, 1.54) is 0 Å². The Kier molecular flexibility index (Phi) is 2.70. The first kappa shape index (κ1) is 11.8. The lowest BCUT2D eigenvalue weighted by Crippen LogP contribution is -2.32. The zero-order chi connectivity index (χ0) is 12.8. The van der Waals surface area contributed by atoms with Crippen molar-refractivity contribution in [2.75, 3.05) is 0 Å². The van der Waals surface area contributed by atoms with E-state index in [9.17, 15) is 9.90 Å². The number of aromatic amines is 1. The van der Waals surface area contributed by atoms with Gasteiger partial charge in [-0.3, -0.25) is 4.79 Å². The highest BCUT2D eigenvalue weighted by Gasteiger charge is 2.44. The van der Waals surface area contributed by atoms with Crippen molar-refractivity contribution in [1.29, 1.82) is 0 Å². The number of benzene rings is 1. The lowest BCUT2D eigenvalue weighted by Gasteiger charge is -2.25. The number of nitrogens with one attached hydrogen (secondary N) is 1. The van der Waals surface area contributed by atoms with Crippen LogP contribution in [0.5, 0.6) is 0 Å². The van der Waals surface area contributed by atoms with E-state index >= 15 is 0 Å². The van der Waals surface area contributed by atoms with Crippen LogP contribution in [0, 0.1) is 0 Å². The maximum atomic E-state index is 11.8. The van der Waals surface area contributed by atoms with Crippen LogP contribution >= 0.6 is 15.9 Å². The molecule has 0 bridgehead atoms. The third kappa shape index (κ3) is 1.52. The Bertz CT molecular complexity index is 611. The minimum atomic E-state index is -0.704. The molecule has 1 aliphatic carbocycles. The summed E-state index contributed by atoms with van der Waals surface area (Å²) >= 11 is 3.51. The molecule has 0 amide bonds. The fourth-order valence-electron chi connectivity index (χ4n) is 3.12. The third-order valence-corrected chi connectivity index (χ3v) is 4.67. The second-order valence-corrected chi connectivity index (χ2v) is 5.81. The number of carbonyl (C=O) groups is 1. The van der Waals surface area contributed by atoms with Gasteiger partial charge in [0, 0.05) is 21.6 Å². The second-order valence-electron chi connectivity index (χ2n) is 4.96. The number of hydrogen-bond acceptors (Lipinski definition) is 1. The molecule has 1 fully saturated rings. The molecule has 0 radical (unpaired) electrons. The molecule has 1 aromatic heterocycles. The zero-order valence-corrected chi connectivity index (χ0v) is 11.5. The quantitative estimate of drug-likeness (QED) is 0.886. The number of rotatable bonds is 2. The number of carboxylic acid groups (broad SMARTS) is 1. The summed E-state index contributed by atoms with van der Waals surface area (Å²) in [5, 5.41) is 10.7. The van der Waals surface area contributed by atoms with Crippen LogP contribution in [0.4, 0.5) is 0 Å². The van der Waals surface area contributed by atoms with Gasteiger partial charge >= 0.3 is 5.97 Å². The number of carboxylic acids is 1. The maximum absolute atomic E-state index is 11.8. The van der Waals surface area contributed by atoms with Crippen LogP contribution in [0.1, 0.15) is 31.2 Å². The van der Waals surface area contributed by atoms with Crippen LogP contribution in [0.3, 0.4) is 0 Å². The van der Waals surface area contributed by atoms with Gasteiger partial charge < -0.3 is 10.1 Å². The van der Waals surface area contributed by atoms with Crippen LogP contribution in [0.25, 0.3) is 10.9 Å². The molecule has 0 atom stereocenters. The minimum absolute atomic E-state index is 0.694. The van der Waals surface area contributed by atoms with Gasteiger partial charge in [0.2, 0.25) is 0 Å². The molecule has 2 aromatic rings. The van der Waals surface area contributed by atoms with Gasteiger partial charge in [0.05, 0.1) is 5.41 Å². The third-order valence-electron chi connectivity index (χ3n) is 4.04. The fraction of sp³-hybridized carbons (Fsp3) is 0.357. The SMILES string of the molecule is O=C(O)C1(c2cccc3[nH]cc(Br)c23)CCCC1. The average Bonchev–Trinajstić information content (AvgIpc) is 2.97. The van der Waals surface area contributed by atoms with Crippen molar-refractivity contribution < 1.29 is 9.90 Å². The molecule has 1 heterocycles. The molecule has 0 saturated heterocycles. The van der Waals surface area contributed by atoms with E-state index in [1.54, 1.807) is 0 Å². The predicted molar refractivity (Wildman–Crippen MR) is 73.8 cm³/mol. The average molecular weight is 308 g/mol. The Morgan fingerprint density at radius 1 is 1.33 bits per heavy atom. The van der Waals surface area contributed by atoms with Crippen molar-refractivity contribution >= 4 is 32.8 Å². The number of fused-ring (bicyclic) bond motifs is 1. The topological polar surface area (TPSA) is 53.1 Å². The summed E-state index contributed by atoms with van der Waals surface area (Å²) in [6.07, 6.45) is 5.33. The summed E-state index contributed by atoms with van der Waals surface area (Å²) in [4.78, 5) is 14.9. The molecule has 94 valence electrons. The van der Waals surface area contributed by atoms with E-state index in [2.05, 4.69) is 20.9 Å². The molecule has 4 heteroatoms. The number of H-pyrrole nitrogens is 1. The smallest absolute Gasteiger partial charge is 0.314 e. The van der Waals surface area contributed by atoms with Crippen molar-refractivity contribution in [1.82, 2.24) is 4.98 Å². The van der Waals surface area contributed by atoms with Crippen LogP contribution in [0.15, 0.2) is 28.9 Å². The molecule has 1 saturated carbocycles. The van der Waals surface area contributed by atoms with Gasteiger partial charge in [0.25, 0.3) is 0 Å². The van der Waals surface area contributed by atoms with Crippen molar-refractivity contribution in [3.63, 3.8) is 0 Å². The highest BCUT2D eigenvalue weighted by molar-refractivity contribution is 9.10. The molecular formula is C14H14BrNO2. The standard InChI is InChI=1S/C14H14BrNO2/c15-10-8-16-11-5-3-4-9(12(10)11)14(13(17)18)6-1-2-7-14/h3-5,8,16H,1-2,6-7H2,(H,17,18). The van der Waals surface area contributed by atoms with E-state index < -0.39 is 11.4 Å². The van der Waals surface area contributed by atoms with Gasteiger partial charge in [-0.15, -0.1) is 0 Å². The van der Waals surface area contributed by atoms with E-state index in [0.717, 1.165) is 46.6 Å². The van der Waals surface area contributed by atoms with Crippen molar-refractivity contribution in [2.45, 2.75) is 31.1 Å². The molecule has 0 aliphatic heterocycles. The molecule has 3 nitrogen and oxygen atoms in total. The Labute approximate surface area is 113 Å². The Morgan fingerprint density at radius 2 is 2.06 bits per heavy atom. The van der Waals surface area contributed by atoms with E-state index in [0.29, 0.717) is 0 Å². The monoisotopic (exact) mass is 307 g/mol. The molecule has 1 aliphatic rings. The van der Waals surface area contributed by atoms with Crippen LogP contribution in [0.2, 0.25) is 0 Å². The van der Waals surface area contributed by atoms with Gasteiger partial charge in [0.1, 0.15) is 0 Å². The van der Waals surface area contributed by atoms with E-state index in [1.807, 2.05) is 24.4 Å². The Balaban J connectivity index is 2.30. The van der Waals surface area contributed by atoms with E-state index in [-0.39, 0.29) is 0 Å². The Morgan fingerprint density at radius 3 is 2.72 bits per heavy atom. The molecule has 1 aromatic carbocycles. The van der Waals surface area contributed by atoms with Gasteiger partial charge in [-0.25, -0.2) is 0 Å². The molecule has 0 unspecified atom stereocenters. The van der Waals surface area contributed by atoms with E-state index in [4.69, 9.17) is 0 Å². The van der Waals surface area contributed by atoms with Crippen LogP contribution in [-0.2, 0) is 10.2 Å². The number of aliphatic carboxylic acids is 1. The number of hydrogen-bond donors (Lipinski definition) is 2. The Hall–Kier alpha value is -1.29. The molecule has 0 spiro atoms. The first-order chi connectivity index (χ1) is 8.65. The summed E-state index contributed by atoms with van der Waals surface area (Å²) in [7, 11) is 0. The lowest BCUT2D eigenvalue weighted by molar-refractivity contribution is -0.143. The summed E-state index contributed by atoms with van der Waals surface area (Å²) in [5.41, 5.74) is 1.23. The van der Waals surface area contributed by atoms with Crippen molar-refractivity contribution in [2.24, 2.45) is 0 Å². The predicted octanol–water partition coefficient (Wildman–Crippen LogP) is 3.83. The van der Waals surface area contributed by atoms with Crippen LogP contribution < -0.4 is 0 Å². The number of aromatic nitrogens is 1.